The third-order valence-electron chi connectivity index (χ3n) is 6.73. The molecule has 4 rings (SSSR count). The van der Waals surface area contributed by atoms with Gasteiger partial charge in [-0.15, -0.1) is 0 Å². The summed E-state index contributed by atoms with van der Waals surface area (Å²) in [5.41, 5.74) is 0.998. The summed E-state index contributed by atoms with van der Waals surface area (Å²) in [5.74, 6) is 3.74. The molecule has 3 fully saturated rings. The first kappa shape index (κ1) is 20.5. The van der Waals surface area contributed by atoms with Gasteiger partial charge in [0.2, 0.25) is 0 Å². The lowest BCUT2D eigenvalue weighted by atomic mass is 9.98. The molecule has 1 aliphatic heterocycles. The molecular formula is C23H35FN4O. The Balaban J connectivity index is 1.20. The molecule has 0 aromatic heterocycles. The molecule has 1 heterocycles. The molecule has 2 saturated carbocycles. The quantitative estimate of drug-likeness (QED) is 0.517. The Morgan fingerprint density at radius 3 is 2.41 bits per heavy atom. The molecule has 0 unspecified atom stereocenters. The molecule has 1 aromatic carbocycles. The summed E-state index contributed by atoms with van der Waals surface area (Å²) < 4.78 is 18.9. The van der Waals surface area contributed by atoms with E-state index in [4.69, 9.17) is 4.74 Å². The molecule has 29 heavy (non-hydrogen) atoms. The highest BCUT2D eigenvalue weighted by Gasteiger charge is 2.41. The lowest BCUT2D eigenvalue weighted by molar-refractivity contribution is 0.198. The van der Waals surface area contributed by atoms with Gasteiger partial charge in [0.1, 0.15) is 0 Å². The Labute approximate surface area is 174 Å². The number of piperidine rings is 1. The minimum atomic E-state index is -0.285. The van der Waals surface area contributed by atoms with Gasteiger partial charge in [-0.1, -0.05) is 6.07 Å². The molecule has 1 saturated heterocycles. The molecule has 160 valence electrons. The van der Waals surface area contributed by atoms with E-state index in [0.717, 1.165) is 68.3 Å². The standard InChI is InChI=1S/C23H35FN4O/c1-25-23(26-14-20(17-4-5-17)18-6-7-18)27-19-9-11-28(12-10-19)15-16-3-8-22(29-2)21(24)13-16/h3,8,13,17-20H,4-7,9-12,14-15H2,1-2H3,(H2,25,26,27). The SMILES string of the molecule is CN=C(NCC(C1CC1)C1CC1)NC1CCN(Cc2ccc(OC)c(F)c2)CC1. The van der Waals surface area contributed by atoms with Crippen molar-refractivity contribution < 1.29 is 9.13 Å². The average Bonchev–Trinajstić information content (AvgIpc) is 3.63. The monoisotopic (exact) mass is 402 g/mol. The molecule has 1 aromatic rings. The fourth-order valence-electron chi connectivity index (χ4n) is 4.67. The second kappa shape index (κ2) is 9.33. The molecule has 5 nitrogen and oxygen atoms in total. The number of hydrogen-bond donors (Lipinski definition) is 2. The summed E-state index contributed by atoms with van der Waals surface area (Å²) in [6.07, 6.45) is 7.84. The van der Waals surface area contributed by atoms with Crippen LogP contribution in [-0.4, -0.2) is 50.7 Å². The molecule has 0 bridgehead atoms. The fraction of sp³-hybridized carbons (Fsp3) is 0.696. The van der Waals surface area contributed by atoms with Crippen molar-refractivity contribution in [3.8, 4) is 5.75 Å². The van der Waals surface area contributed by atoms with Crippen molar-refractivity contribution in [2.24, 2.45) is 22.7 Å². The number of nitrogens with zero attached hydrogens (tertiary/aromatic N) is 2. The van der Waals surface area contributed by atoms with Crippen molar-refractivity contribution in [1.29, 1.82) is 0 Å². The molecule has 6 heteroatoms. The summed E-state index contributed by atoms with van der Waals surface area (Å²) in [6, 6.07) is 5.70. The molecule has 0 spiro atoms. The van der Waals surface area contributed by atoms with Gasteiger partial charge in [-0.2, -0.15) is 0 Å². The van der Waals surface area contributed by atoms with Crippen LogP contribution in [0.1, 0.15) is 44.1 Å². The Morgan fingerprint density at radius 2 is 1.86 bits per heavy atom. The molecule has 2 N–H and O–H groups in total. The Morgan fingerprint density at radius 1 is 1.17 bits per heavy atom. The number of methoxy groups -OCH3 is 1. The van der Waals surface area contributed by atoms with Crippen molar-refractivity contribution in [1.82, 2.24) is 15.5 Å². The number of likely N-dealkylation sites (tertiary alicyclic amines) is 1. The van der Waals surface area contributed by atoms with Gasteiger partial charge in [-0.3, -0.25) is 9.89 Å². The van der Waals surface area contributed by atoms with Crippen LogP contribution in [0.3, 0.4) is 0 Å². The van der Waals surface area contributed by atoms with Gasteiger partial charge in [-0.05, 0) is 74.0 Å². The van der Waals surface area contributed by atoms with Gasteiger partial charge in [0.25, 0.3) is 0 Å². The fourth-order valence-corrected chi connectivity index (χ4v) is 4.67. The van der Waals surface area contributed by atoms with E-state index in [0.29, 0.717) is 11.8 Å². The first-order valence-corrected chi connectivity index (χ1v) is 11.2. The van der Waals surface area contributed by atoms with E-state index in [1.165, 1.54) is 32.8 Å². The second-order valence-electron chi connectivity index (χ2n) is 8.96. The summed E-state index contributed by atoms with van der Waals surface area (Å²) in [4.78, 5) is 6.85. The normalized spacial score (nSPS) is 21.4. The minimum absolute atomic E-state index is 0.285. The van der Waals surface area contributed by atoms with E-state index >= 15 is 0 Å². The van der Waals surface area contributed by atoms with Gasteiger partial charge in [-0.25, -0.2) is 4.39 Å². The zero-order valence-corrected chi connectivity index (χ0v) is 17.8. The maximum absolute atomic E-state index is 13.9. The third-order valence-corrected chi connectivity index (χ3v) is 6.73. The lowest BCUT2D eigenvalue weighted by Crippen LogP contribution is -2.49. The summed E-state index contributed by atoms with van der Waals surface area (Å²) in [5, 5.41) is 7.22. The van der Waals surface area contributed by atoms with Crippen LogP contribution in [0.25, 0.3) is 0 Å². The zero-order chi connectivity index (χ0) is 20.2. The highest BCUT2D eigenvalue weighted by Crippen LogP contribution is 2.48. The molecular weight excluding hydrogens is 367 g/mol. The Kier molecular flexibility index (Phi) is 6.58. The van der Waals surface area contributed by atoms with Crippen molar-refractivity contribution in [2.75, 3.05) is 33.8 Å². The highest BCUT2D eigenvalue weighted by atomic mass is 19.1. The maximum atomic E-state index is 13.9. The molecule has 0 atom stereocenters. The number of halogens is 1. The Bertz CT molecular complexity index is 697. The smallest absolute Gasteiger partial charge is 0.191 e. The number of guanidine groups is 1. The number of aliphatic imine (C=N–C) groups is 1. The summed E-state index contributed by atoms with van der Waals surface area (Å²) in [7, 11) is 3.36. The predicted molar refractivity (Wildman–Crippen MR) is 115 cm³/mol. The van der Waals surface area contributed by atoms with Crippen LogP contribution >= 0.6 is 0 Å². The van der Waals surface area contributed by atoms with E-state index in [1.807, 2.05) is 13.1 Å². The van der Waals surface area contributed by atoms with Gasteiger partial charge in [0.05, 0.1) is 7.11 Å². The number of hydrogen-bond acceptors (Lipinski definition) is 3. The van der Waals surface area contributed by atoms with E-state index in [9.17, 15) is 4.39 Å². The first-order valence-electron chi connectivity index (χ1n) is 11.2. The van der Waals surface area contributed by atoms with Gasteiger partial charge >= 0.3 is 0 Å². The first-order chi connectivity index (χ1) is 14.2. The second-order valence-corrected chi connectivity index (χ2v) is 8.96. The van der Waals surface area contributed by atoms with Crippen molar-refractivity contribution in [3.05, 3.63) is 29.6 Å². The Hall–Kier alpha value is -1.82. The number of rotatable bonds is 8. The van der Waals surface area contributed by atoms with E-state index in [1.54, 1.807) is 12.1 Å². The van der Waals surface area contributed by atoms with Crippen LogP contribution in [-0.2, 0) is 6.54 Å². The highest BCUT2D eigenvalue weighted by molar-refractivity contribution is 5.80. The van der Waals surface area contributed by atoms with Gasteiger partial charge < -0.3 is 15.4 Å². The van der Waals surface area contributed by atoms with Crippen LogP contribution in [0.2, 0.25) is 0 Å². The lowest BCUT2D eigenvalue weighted by Gasteiger charge is -2.33. The van der Waals surface area contributed by atoms with Gasteiger partial charge in [0.15, 0.2) is 17.5 Å². The van der Waals surface area contributed by atoms with Crippen molar-refractivity contribution >= 4 is 5.96 Å². The van der Waals surface area contributed by atoms with Crippen LogP contribution in [0.15, 0.2) is 23.2 Å². The molecule has 3 aliphatic rings. The van der Waals surface area contributed by atoms with Crippen molar-refractivity contribution in [3.63, 3.8) is 0 Å². The van der Waals surface area contributed by atoms with Crippen LogP contribution in [0.4, 0.5) is 4.39 Å². The maximum Gasteiger partial charge on any atom is 0.191 e. The average molecular weight is 403 g/mol. The van der Waals surface area contributed by atoms with Crippen molar-refractivity contribution in [2.45, 2.75) is 51.1 Å². The minimum Gasteiger partial charge on any atom is -0.494 e. The van der Waals surface area contributed by atoms with E-state index in [2.05, 4.69) is 20.5 Å². The largest absolute Gasteiger partial charge is 0.494 e. The number of nitrogens with one attached hydrogen (secondary N) is 2. The van der Waals surface area contributed by atoms with Gasteiger partial charge in [0, 0.05) is 39.3 Å². The molecule has 0 radical (unpaired) electrons. The zero-order valence-electron chi connectivity index (χ0n) is 17.8. The summed E-state index contributed by atoms with van der Waals surface area (Å²) >= 11 is 0. The summed E-state index contributed by atoms with van der Waals surface area (Å²) in [6.45, 7) is 3.87. The predicted octanol–water partition coefficient (Wildman–Crippen LogP) is 3.40. The number of ether oxygens (including phenoxy) is 1. The van der Waals surface area contributed by atoms with Crippen LogP contribution in [0, 0.1) is 23.6 Å². The third kappa shape index (κ3) is 5.62. The number of benzene rings is 1. The topological polar surface area (TPSA) is 48.9 Å². The van der Waals surface area contributed by atoms with Crippen LogP contribution < -0.4 is 15.4 Å². The van der Waals surface area contributed by atoms with E-state index < -0.39 is 0 Å². The van der Waals surface area contributed by atoms with E-state index in [-0.39, 0.29) is 5.82 Å². The molecule has 2 aliphatic carbocycles. The van der Waals surface area contributed by atoms with Crippen LogP contribution in [0.5, 0.6) is 5.75 Å². The molecule has 0 amide bonds.